The van der Waals surface area contributed by atoms with E-state index in [2.05, 4.69) is 5.32 Å². The zero-order valence-corrected chi connectivity index (χ0v) is 10.9. The minimum atomic E-state index is -0.750. The van der Waals surface area contributed by atoms with Crippen molar-refractivity contribution in [1.82, 2.24) is 5.32 Å². The molecule has 4 heteroatoms. The van der Waals surface area contributed by atoms with Gasteiger partial charge in [-0.2, -0.15) is 0 Å². The highest BCUT2D eigenvalue weighted by Crippen LogP contribution is 2.43. The molecule has 18 heavy (non-hydrogen) atoms. The van der Waals surface area contributed by atoms with Gasteiger partial charge < -0.3 is 10.4 Å². The number of carbonyl (C=O) groups excluding carboxylic acids is 1. The number of hydrogen-bond acceptors (Lipinski definition) is 2. The van der Waals surface area contributed by atoms with Crippen LogP contribution in [0.15, 0.2) is 0 Å². The lowest BCUT2D eigenvalue weighted by Gasteiger charge is -2.40. The van der Waals surface area contributed by atoms with Crippen molar-refractivity contribution in [3.05, 3.63) is 0 Å². The third kappa shape index (κ3) is 3.47. The Balaban J connectivity index is 1.72. The van der Waals surface area contributed by atoms with Gasteiger partial charge in [-0.05, 0) is 37.0 Å². The molecule has 0 aliphatic heterocycles. The summed E-state index contributed by atoms with van der Waals surface area (Å²) in [6.07, 6.45) is 8.63. The van der Waals surface area contributed by atoms with Crippen molar-refractivity contribution in [2.45, 2.75) is 57.8 Å². The standard InChI is InChI=1S/C14H23NO3/c16-12(8-11-4-1-2-5-11)15-10-14(6-3-7-14)9-13(17)18/h11H,1-10H2,(H,15,16)(H,17,18). The molecule has 0 aromatic heterocycles. The largest absolute Gasteiger partial charge is 0.481 e. The fraction of sp³-hybridized carbons (Fsp3) is 0.857. The number of rotatable bonds is 6. The molecule has 0 radical (unpaired) electrons. The quantitative estimate of drug-likeness (QED) is 0.763. The number of nitrogens with one attached hydrogen (secondary N) is 1. The average Bonchev–Trinajstić information content (AvgIpc) is 2.74. The van der Waals surface area contributed by atoms with Gasteiger partial charge in [0.15, 0.2) is 0 Å². The predicted octanol–water partition coefficient (Wildman–Crippen LogP) is 2.33. The molecule has 0 spiro atoms. The van der Waals surface area contributed by atoms with E-state index in [-0.39, 0.29) is 17.7 Å². The van der Waals surface area contributed by atoms with E-state index in [0.29, 0.717) is 18.9 Å². The molecule has 2 N–H and O–H groups in total. The van der Waals surface area contributed by atoms with Gasteiger partial charge in [0.2, 0.25) is 5.91 Å². The molecule has 2 aliphatic carbocycles. The van der Waals surface area contributed by atoms with Gasteiger partial charge in [0.25, 0.3) is 0 Å². The van der Waals surface area contributed by atoms with Gasteiger partial charge in [0, 0.05) is 13.0 Å². The van der Waals surface area contributed by atoms with Gasteiger partial charge in [-0.1, -0.05) is 19.3 Å². The van der Waals surface area contributed by atoms with Gasteiger partial charge in [0.05, 0.1) is 6.42 Å². The topological polar surface area (TPSA) is 66.4 Å². The first-order valence-electron chi connectivity index (χ1n) is 7.08. The minimum absolute atomic E-state index is 0.110. The number of aliphatic carboxylic acids is 1. The maximum atomic E-state index is 11.8. The highest BCUT2D eigenvalue weighted by Gasteiger charge is 2.39. The number of carboxylic acid groups (broad SMARTS) is 1. The lowest BCUT2D eigenvalue weighted by Crippen LogP contribution is -2.43. The molecule has 0 saturated heterocycles. The normalized spacial score (nSPS) is 22.4. The molecule has 0 aromatic carbocycles. The number of hydrogen-bond donors (Lipinski definition) is 2. The van der Waals surface area contributed by atoms with E-state index in [1.54, 1.807) is 0 Å². The second-order valence-corrected chi connectivity index (χ2v) is 6.06. The van der Waals surface area contributed by atoms with Crippen LogP contribution in [0.2, 0.25) is 0 Å². The van der Waals surface area contributed by atoms with E-state index in [0.717, 1.165) is 19.3 Å². The van der Waals surface area contributed by atoms with E-state index in [1.165, 1.54) is 25.7 Å². The van der Waals surface area contributed by atoms with E-state index in [4.69, 9.17) is 5.11 Å². The first kappa shape index (κ1) is 13.4. The van der Waals surface area contributed by atoms with Gasteiger partial charge in [-0.25, -0.2) is 0 Å². The Labute approximate surface area is 108 Å². The average molecular weight is 253 g/mol. The second kappa shape index (κ2) is 5.72. The SMILES string of the molecule is O=C(O)CC1(CNC(=O)CC2CCCC2)CCC1. The number of carbonyl (C=O) groups is 2. The molecule has 4 nitrogen and oxygen atoms in total. The molecule has 0 heterocycles. The number of amides is 1. The molecule has 0 atom stereocenters. The maximum absolute atomic E-state index is 11.8. The first-order chi connectivity index (χ1) is 8.60. The van der Waals surface area contributed by atoms with Crippen LogP contribution in [0.5, 0.6) is 0 Å². The third-order valence-corrected chi connectivity index (χ3v) is 4.55. The van der Waals surface area contributed by atoms with Gasteiger partial charge in [-0.15, -0.1) is 0 Å². The summed E-state index contributed by atoms with van der Waals surface area (Å²) in [6.45, 7) is 0.546. The van der Waals surface area contributed by atoms with Crippen LogP contribution < -0.4 is 5.32 Å². The predicted molar refractivity (Wildman–Crippen MR) is 68.1 cm³/mol. The lowest BCUT2D eigenvalue weighted by molar-refractivity contribution is -0.142. The molecule has 2 rings (SSSR count). The Kier molecular flexibility index (Phi) is 4.25. The van der Waals surface area contributed by atoms with Crippen LogP contribution in [0, 0.1) is 11.3 Å². The van der Waals surface area contributed by atoms with Crippen LogP contribution in [-0.2, 0) is 9.59 Å². The third-order valence-electron chi connectivity index (χ3n) is 4.55. The zero-order chi connectivity index (χ0) is 13.0. The van der Waals surface area contributed by atoms with Gasteiger partial charge >= 0.3 is 5.97 Å². The van der Waals surface area contributed by atoms with Gasteiger partial charge in [0.1, 0.15) is 0 Å². The van der Waals surface area contributed by atoms with E-state index >= 15 is 0 Å². The van der Waals surface area contributed by atoms with Crippen molar-refractivity contribution in [2.75, 3.05) is 6.54 Å². The Bertz CT molecular complexity index is 317. The van der Waals surface area contributed by atoms with Crippen molar-refractivity contribution < 1.29 is 14.7 Å². The Morgan fingerprint density at radius 2 is 1.83 bits per heavy atom. The fourth-order valence-electron chi connectivity index (χ4n) is 3.25. The fourth-order valence-corrected chi connectivity index (χ4v) is 3.25. The van der Waals surface area contributed by atoms with Crippen LogP contribution >= 0.6 is 0 Å². The van der Waals surface area contributed by atoms with Crippen LogP contribution in [0.1, 0.15) is 57.8 Å². The summed E-state index contributed by atoms with van der Waals surface area (Å²) in [7, 11) is 0. The lowest BCUT2D eigenvalue weighted by atomic mass is 9.66. The molecule has 0 aromatic rings. The van der Waals surface area contributed by atoms with Crippen molar-refractivity contribution in [3.63, 3.8) is 0 Å². The number of carboxylic acids is 1. The molecule has 0 bridgehead atoms. The summed E-state index contributed by atoms with van der Waals surface area (Å²) in [4.78, 5) is 22.6. The molecular formula is C14H23NO3. The summed E-state index contributed by atoms with van der Waals surface area (Å²) in [6, 6.07) is 0. The van der Waals surface area contributed by atoms with Crippen molar-refractivity contribution >= 4 is 11.9 Å². The maximum Gasteiger partial charge on any atom is 0.303 e. The summed E-state index contributed by atoms with van der Waals surface area (Å²) in [5.74, 6) is -0.0832. The van der Waals surface area contributed by atoms with E-state index in [1.807, 2.05) is 0 Å². The zero-order valence-electron chi connectivity index (χ0n) is 10.9. The van der Waals surface area contributed by atoms with Crippen molar-refractivity contribution in [3.8, 4) is 0 Å². The second-order valence-electron chi connectivity index (χ2n) is 6.06. The van der Waals surface area contributed by atoms with Crippen LogP contribution in [-0.4, -0.2) is 23.5 Å². The van der Waals surface area contributed by atoms with Crippen LogP contribution in [0.3, 0.4) is 0 Å². The summed E-state index contributed by atoms with van der Waals surface area (Å²) >= 11 is 0. The molecule has 102 valence electrons. The monoisotopic (exact) mass is 253 g/mol. The molecule has 1 amide bonds. The Hall–Kier alpha value is -1.06. The van der Waals surface area contributed by atoms with E-state index in [9.17, 15) is 9.59 Å². The van der Waals surface area contributed by atoms with E-state index < -0.39 is 5.97 Å². The van der Waals surface area contributed by atoms with Crippen LogP contribution in [0.25, 0.3) is 0 Å². The minimum Gasteiger partial charge on any atom is -0.481 e. The molecule has 0 unspecified atom stereocenters. The highest BCUT2D eigenvalue weighted by molar-refractivity contribution is 5.76. The first-order valence-corrected chi connectivity index (χ1v) is 7.08. The Morgan fingerprint density at radius 3 is 2.33 bits per heavy atom. The smallest absolute Gasteiger partial charge is 0.303 e. The van der Waals surface area contributed by atoms with Gasteiger partial charge in [-0.3, -0.25) is 9.59 Å². The summed E-state index contributed by atoms with van der Waals surface area (Å²) in [5, 5.41) is 11.9. The van der Waals surface area contributed by atoms with Crippen molar-refractivity contribution in [1.29, 1.82) is 0 Å². The molecule has 2 saturated carbocycles. The van der Waals surface area contributed by atoms with Crippen LogP contribution in [0.4, 0.5) is 0 Å². The van der Waals surface area contributed by atoms with Crippen molar-refractivity contribution in [2.24, 2.45) is 11.3 Å². The molecular weight excluding hydrogens is 230 g/mol. The summed E-state index contributed by atoms with van der Waals surface area (Å²) in [5.41, 5.74) is -0.156. The molecule has 2 aliphatic rings. The summed E-state index contributed by atoms with van der Waals surface area (Å²) < 4.78 is 0. The Morgan fingerprint density at radius 1 is 1.17 bits per heavy atom. The molecule has 2 fully saturated rings. The highest BCUT2D eigenvalue weighted by atomic mass is 16.4.